The number of nitrogen functional groups attached to an aromatic ring is 1. The molecule has 0 saturated heterocycles. The van der Waals surface area contributed by atoms with Crippen molar-refractivity contribution in [3.63, 3.8) is 0 Å². The molecule has 4 heteroatoms. The second-order valence-corrected chi connectivity index (χ2v) is 3.85. The molecule has 0 atom stereocenters. The van der Waals surface area contributed by atoms with Gasteiger partial charge in [-0.2, -0.15) is 5.10 Å². The van der Waals surface area contributed by atoms with Gasteiger partial charge in [0.05, 0.1) is 11.4 Å². The number of aryl methyl sites for hydroxylation is 1. The lowest BCUT2D eigenvalue weighted by Gasteiger charge is -2.00. The van der Waals surface area contributed by atoms with E-state index in [1.807, 2.05) is 25.2 Å². The fourth-order valence-electron chi connectivity index (χ4n) is 2.02. The van der Waals surface area contributed by atoms with Crippen LogP contribution in [-0.2, 0) is 7.05 Å². The molecule has 0 aliphatic heterocycles. The summed E-state index contributed by atoms with van der Waals surface area (Å²) in [7, 11) is 2.04. The summed E-state index contributed by atoms with van der Waals surface area (Å²) in [5.41, 5.74) is 8.84. The van der Waals surface area contributed by atoms with E-state index >= 15 is 0 Å². The molecule has 16 heavy (non-hydrogen) atoms. The van der Waals surface area contributed by atoms with Crippen LogP contribution < -0.4 is 5.73 Å². The number of anilines is 1. The molecule has 0 aliphatic rings. The van der Waals surface area contributed by atoms with Crippen molar-refractivity contribution in [2.45, 2.75) is 0 Å². The molecule has 0 unspecified atom stereocenters. The zero-order valence-corrected chi connectivity index (χ0v) is 8.94. The number of benzene rings is 1. The minimum atomic E-state index is 0.514. The second kappa shape index (κ2) is 3.13. The maximum Gasteiger partial charge on any atom is 0.145 e. The Morgan fingerprint density at radius 2 is 2.06 bits per heavy atom. The first-order valence-electron chi connectivity index (χ1n) is 5.11. The van der Waals surface area contributed by atoms with Gasteiger partial charge in [-0.15, -0.1) is 0 Å². The molecule has 0 aliphatic carbocycles. The molecule has 0 radical (unpaired) electrons. The third-order valence-electron chi connectivity index (χ3n) is 2.83. The summed E-state index contributed by atoms with van der Waals surface area (Å²) in [5.74, 6) is 0.514. The first-order valence-corrected chi connectivity index (χ1v) is 5.11. The summed E-state index contributed by atoms with van der Waals surface area (Å²) in [6.07, 6.45) is 0. The lowest BCUT2D eigenvalue weighted by Crippen LogP contribution is -1.90. The van der Waals surface area contributed by atoms with Crippen LogP contribution in [0.15, 0.2) is 36.4 Å². The number of fused-ring (bicyclic) bond motifs is 1. The molecule has 0 amide bonds. The zero-order chi connectivity index (χ0) is 11.1. The van der Waals surface area contributed by atoms with E-state index < -0.39 is 0 Å². The van der Waals surface area contributed by atoms with E-state index in [1.54, 1.807) is 0 Å². The summed E-state index contributed by atoms with van der Waals surface area (Å²) in [5, 5.41) is 8.09. The van der Waals surface area contributed by atoms with Crippen LogP contribution in [0.2, 0.25) is 0 Å². The maximum absolute atomic E-state index is 5.61. The summed E-state index contributed by atoms with van der Waals surface area (Å²) < 4.78 is 2.13. The highest BCUT2D eigenvalue weighted by atomic mass is 15.2. The lowest BCUT2D eigenvalue weighted by molar-refractivity contribution is 0.964. The number of hydrogen-bond donors (Lipinski definition) is 2. The molecule has 2 heterocycles. The van der Waals surface area contributed by atoms with Crippen LogP contribution in [0.25, 0.3) is 22.3 Å². The quantitative estimate of drug-likeness (QED) is 0.649. The number of hydrogen-bond acceptors (Lipinski definition) is 2. The van der Waals surface area contributed by atoms with Gasteiger partial charge >= 0.3 is 0 Å². The third kappa shape index (κ3) is 1.20. The summed E-state index contributed by atoms with van der Waals surface area (Å²) in [6.45, 7) is 0. The molecule has 3 N–H and O–H groups in total. The smallest absolute Gasteiger partial charge is 0.145 e. The van der Waals surface area contributed by atoms with Gasteiger partial charge in [0.2, 0.25) is 0 Å². The van der Waals surface area contributed by atoms with Crippen LogP contribution in [0.3, 0.4) is 0 Å². The van der Waals surface area contributed by atoms with Crippen molar-refractivity contribution in [1.82, 2.24) is 14.8 Å². The van der Waals surface area contributed by atoms with Crippen LogP contribution in [0.1, 0.15) is 0 Å². The SMILES string of the molecule is Cn1c(-c2cc(N)n[nH]2)cc2ccccc21. The number of nitrogens with one attached hydrogen (secondary N) is 1. The summed E-state index contributed by atoms with van der Waals surface area (Å²) in [6, 6.07) is 12.2. The fraction of sp³-hybridized carbons (Fsp3) is 0.0833. The fourth-order valence-corrected chi connectivity index (χ4v) is 2.02. The van der Waals surface area contributed by atoms with E-state index in [4.69, 9.17) is 5.73 Å². The number of H-pyrrole nitrogens is 1. The largest absolute Gasteiger partial charge is 0.382 e. The Bertz CT molecular complexity index is 648. The standard InChI is InChI=1S/C12H12N4/c1-16-10-5-3-2-4-8(10)6-11(16)9-7-12(13)15-14-9/h2-7H,1H3,(H3,13,14,15). The van der Waals surface area contributed by atoms with Gasteiger partial charge in [-0.05, 0) is 12.1 Å². The Labute approximate surface area is 92.7 Å². The highest BCUT2D eigenvalue weighted by Gasteiger charge is 2.08. The predicted octanol–water partition coefficient (Wildman–Crippen LogP) is 2.15. The first kappa shape index (κ1) is 9.03. The van der Waals surface area contributed by atoms with Gasteiger partial charge in [0.25, 0.3) is 0 Å². The highest BCUT2D eigenvalue weighted by Crippen LogP contribution is 2.26. The molecule has 0 spiro atoms. The molecular weight excluding hydrogens is 200 g/mol. The van der Waals surface area contributed by atoms with Crippen molar-refractivity contribution in [2.75, 3.05) is 5.73 Å². The Morgan fingerprint density at radius 1 is 1.25 bits per heavy atom. The van der Waals surface area contributed by atoms with Crippen molar-refractivity contribution in [2.24, 2.45) is 7.05 Å². The Balaban J connectivity index is 2.28. The predicted molar refractivity (Wildman–Crippen MR) is 64.9 cm³/mol. The van der Waals surface area contributed by atoms with Crippen molar-refractivity contribution in [3.8, 4) is 11.4 Å². The van der Waals surface area contributed by atoms with Gasteiger partial charge in [0.15, 0.2) is 0 Å². The van der Waals surface area contributed by atoms with E-state index in [0.717, 1.165) is 11.4 Å². The van der Waals surface area contributed by atoms with Crippen molar-refractivity contribution in [1.29, 1.82) is 0 Å². The van der Waals surface area contributed by atoms with Crippen LogP contribution in [0, 0.1) is 0 Å². The van der Waals surface area contributed by atoms with Crippen LogP contribution in [-0.4, -0.2) is 14.8 Å². The summed E-state index contributed by atoms with van der Waals surface area (Å²) >= 11 is 0. The molecule has 80 valence electrons. The van der Waals surface area contributed by atoms with E-state index in [2.05, 4.69) is 33.0 Å². The number of nitrogens with zero attached hydrogens (tertiary/aromatic N) is 2. The van der Waals surface area contributed by atoms with Gasteiger partial charge in [0.1, 0.15) is 5.82 Å². The molecule has 3 rings (SSSR count). The van der Waals surface area contributed by atoms with Gasteiger partial charge in [-0.25, -0.2) is 0 Å². The Hall–Kier alpha value is -2.23. The van der Waals surface area contributed by atoms with Crippen LogP contribution in [0.5, 0.6) is 0 Å². The molecule has 0 bridgehead atoms. The van der Waals surface area contributed by atoms with E-state index in [-0.39, 0.29) is 0 Å². The third-order valence-corrected chi connectivity index (χ3v) is 2.83. The summed E-state index contributed by atoms with van der Waals surface area (Å²) in [4.78, 5) is 0. The normalized spacial score (nSPS) is 11.1. The number of aromatic nitrogens is 3. The number of nitrogens with two attached hydrogens (primary N) is 1. The van der Waals surface area contributed by atoms with Crippen LogP contribution >= 0.6 is 0 Å². The van der Waals surface area contributed by atoms with E-state index in [1.165, 1.54) is 10.9 Å². The van der Waals surface area contributed by atoms with Crippen molar-refractivity contribution >= 4 is 16.7 Å². The number of rotatable bonds is 1. The van der Waals surface area contributed by atoms with Crippen molar-refractivity contribution in [3.05, 3.63) is 36.4 Å². The Morgan fingerprint density at radius 3 is 2.75 bits per heavy atom. The topological polar surface area (TPSA) is 59.6 Å². The van der Waals surface area contributed by atoms with E-state index in [0.29, 0.717) is 5.82 Å². The van der Waals surface area contributed by atoms with Gasteiger partial charge in [0, 0.05) is 24.0 Å². The highest BCUT2D eigenvalue weighted by molar-refractivity contribution is 5.86. The van der Waals surface area contributed by atoms with Gasteiger partial charge in [-0.1, -0.05) is 18.2 Å². The Kier molecular flexibility index (Phi) is 1.77. The van der Waals surface area contributed by atoms with Crippen molar-refractivity contribution < 1.29 is 0 Å². The lowest BCUT2D eigenvalue weighted by atomic mass is 10.2. The monoisotopic (exact) mass is 212 g/mol. The molecule has 2 aromatic heterocycles. The molecule has 0 saturated carbocycles. The van der Waals surface area contributed by atoms with Gasteiger partial charge in [-0.3, -0.25) is 5.10 Å². The van der Waals surface area contributed by atoms with Gasteiger partial charge < -0.3 is 10.3 Å². The number of aromatic amines is 1. The number of para-hydroxylation sites is 1. The molecular formula is C12H12N4. The first-order chi connectivity index (χ1) is 7.75. The van der Waals surface area contributed by atoms with Crippen LogP contribution in [0.4, 0.5) is 5.82 Å². The zero-order valence-electron chi connectivity index (χ0n) is 8.94. The second-order valence-electron chi connectivity index (χ2n) is 3.85. The average Bonchev–Trinajstić information content (AvgIpc) is 2.84. The maximum atomic E-state index is 5.61. The molecule has 0 fully saturated rings. The average molecular weight is 212 g/mol. The molecule has 4 nitrogen and oxygen atoms in total. The minimum absolute atomic E-state index is 0.514. The molecule has 3 aromatic rings. The van der Waals surface area contributed by atoms with E-state index in [9.17, 15) is 0 Å². The minimum Gasteiger partial charge on any atom is -0.382 e. The molecule has 1 aromatic carbocycles.